The van der Waals surface area contributed by atoms with Gasteiger partial charge in [0.15, 0.2) is 0 Å². The maximum absolute atomic E-state index is 12.7. The quantitative estimate of drug-likeness (QED) is 0.483. The van der Waals surface area contributed by atoms with Crippen LogP contribution in [0.25, 0.3) is 22.0 Å². The third-order valence-corrected chi connectivity index (χ3v) is 5.39. The third kappa shape index (κ3) is 4.25. The van der Waals surface area contributed by atoms with Crippen molar-refractivity contribution in [2.24, 2.45) is 7.05 Å². The van der Waals surface area contributed by atoms with E-state index in [2.05, 4.69) is 15.4 Å². The normalized spacial score (nSPS) is 11.0. The standard InChI is InChI=1S/C24H25N5O3/c1-16-22(17-10-12-18(32-3)13-11-17)23(28(2)27-16)26-21(30)9-6-14-29-15-25-20-8-5-4-7-19(20)24(29)31/h4-5,7-8,10-13,15H,6,9,14H2,1-3H3,(H,26,30). The number of hydrogen-bond donors (Lipinski definition) is 1. The summed E-state index contributed by atoms with van der Waals surface area (Å²) in [5.74, 6) is 1.27. The van der Waals surface area contributed by atoms with Gasteiger partial charge in [-0.3, -0.25) is 18.8 Å². The molecule has 2 aromatic heterocycles. The molecule has 1 N–H and O–H groups in total. The molecule has 1 amide bonds. The maximum Gasteiger partial charge on any atom is 0.261 e. The summed E-state index contributed by atoms with van der Waals surface area (Å²) in [5.41, 5.74) is 3.21. The molecule has 0 radical (unpaired) electrons. The molecule has 0 spiro atoms. The van der Waals surface area contributed by atoms with Crippen LogP contribution >= 0.6 is 0 Å². The van der Waals surface area contributed by atoms with Gasteiger partial charge in [0.2, 0.25) is 5.91 Å². The topological polar surface area (TPSA) is 91.0 Å². The monoisotopic (exact) mass is 431 g/mol. The molecule has 0 atom stereocenters. The molecule has 0 saturated heterocycles. The highest BCUT2D eigenvalue weighted by atomic mass is 16.5. The van der Waals surface area contributed by atoms with E-state index in [4.69, 9.17) is 4.74 Å². The first-order valence-corrected chi connectivity index (χ1v) is 10.4. The Morgan fingerprint density at radius 3 is 2.62 bits per heavy atom. The second-order valence-electron chi connectivity index (χ2n) is 7.57. The molecule has 0 bridgehead atoms. The Bertz CT molecular complexity index is 1320. The molecule has 4 rings (SSSR count). The van der Waals surface area contributed by atoms with Crippen molar-refractivity contribution < 1.29 is 9.53 Å². The van der Waals surface area contributed by atoms with Gasteiger partial charge in [0.1, 0.15) is 11.6 Å². The van der Waals surface area contributed by atoms with E-state index in [-0.39, 0.29) is 17.9 Å². The molecule has 0 fully saturated rings. The van der Waals surface area contributed by atoms with Crippen LogP contribution in [0, 0.1) is 6.92 Å². The number of methoxy groups -OCH3 is 1. The Hall–Kier alpha value is -3.94. The van der Waals surface area contributed by atoms with Crippen LogP contribution in [-0.2, 0) is 18.4 Å². The van der Waals surface area contributed by atoms with Crippen molar-refractivity contribution >= 4 is 22.6 Å². The van der Waals surface area contributed by atoms with Gasteiger partial charge < -0.3 is 10.1 Å². The van der Waals surface area contributed by atoms with Gasteiger partial charge in [-0.05, 0) is 43.2 Å². The minimum Gasteiger partial charge on any atom is -0.497 e. The number of aromatic nitrogens is 4. The van der Waals surface area contributed by atoms with Crippen molar-refractivity contribution in [3.8, 4) is 16.9 Å². The van der Waals surface area contributed by atoms with Crippen molar-refractivity contribution in [2.45, 2.75) is 26.3 Å². The SMILES string of the molecule is COc1ccc(-c2c(C)nn(C)c2NC(=O)CCCn2cnc3ccccc3c2=O)cc1. The van der Waals surface area contributed by atoms with Gasteiger partial charge in [0.25, 0.3) is 5.56 Å². The number of nitrogens with one attached hydrogen (secondary N) is 1. The second-order valence-corrected chi connectivity index (χ2v) is 7.57. The number of amides is 1. The van der Waals surface area contributed by atoms with Crippen molar-refractivity contribution in [3.05, 3.63) is 70.9 Å². The zero-order valence-electron chi connectivity index (χ0n) is 18.3. The van der Waals surface area contributed by atoms with Gasteiger partial charge in [0.05, 0.1) is 30.0 Å². The third-order valence-electron chi connectivity index (χ3n) is 5.39. The van der Waals surface area contributed by atoms with Crippen LogP contribution in [0.5, 0.6) is 5.75 Å². The molecule has 8 heteroatoms. The molecule has 0 aliphatic heterocycles. The van der Waals surface area contributed by atoms with Crippen molar-refractivity contribution in [1.82, 2.24) is 19.3 Å². The summed E-state index contributed by atoms with van der Waals surface area (Å²) in [7, 11) is 3.42. The van der Waals surface area contributed by atoms with E-state index in [0.29, 0.717) is 29.7 Å². The lowest BCUT2D eigenvalue weighted by molar-refractivity contribution is -0.116. The fourth-order valence-electron chi connectivity index (χ4n) is 3.77. The van der Waals surface area contributed by atoms with E-state index < -0.39 is 0 Å². The Kier molecular flexibility index (Phi) is 6.02. The van der Waals surface area contributed by atoms with Crippen LogP contribution in [0.1, 0.15) is 18.5 Å². The van der Waals surface area contributed by atoms with Crippen LogP contribution in [0.3, 0.4) is 0 Å². The number of carbonyl (C=O) groups is 1. The van der Waals surface area contributed by atoms with E-state index in [1.807, 2.05) is 49.4 Å². The van der Waals surface area contributed by atoms with Crippen LogP contribution in [-0.4, -0.2) is 32.3 Å². The molecular formula is C24H25N5O3. The summed E-state index contributed by atoms with van der Waals surface area (Å²) < 4.78 is 8.45. The molecular weight excluding hydrogens is 406 g/mol. The number of carbonyl (C=O) groups excluding carboxylic acids is 1. The van der Waals surface area contributed by atoms with Gasteiger partial charge in [-0.15, -0.1) is 0 Å². The number of ether oxygens (including phenoxy) is 1. The number of anilines is 1. The Labute approximate surface area is 185 Å². The summed E-state index contributed by atoms with van der Waals surface area (Å²) in [4.78, 5) is 29.6. The average Bonchev–Trinajstić information content (AvgIpc) is 3.08. The zero-order valence-corrected chi connectivity index (χ0v) is 18.3. The first-order chi connectivity index (χ1) is 15.5. The Balaban J connectivity index is 1.45. The number of para-hydroxylation sites is 1. The minimum atomic E-state index is -0.135. The first-order valence-electron chi connectivity index (χ1n) is 10.4. The van der Waals surface area contributed by atoms with Gasteiger partial charge in [-0.2, -0.15) is 5.10 Å². The lowest BCUT2D eigenvalue weighted by Crippen LogP contribution is -2.22. The summed E-state index contributed by atoms with van der Waals surface area (Å²) >= 11 is 0. The molecule has 2 aromatic carbocycles. The molecule has 2 heterocycles. The highest BCUT2D eigenvalue weighted by Gasteiger charge is 2.17. The van der Waals surface area contributed by atoms with Gasteiger partial charge >= 0.3 is 0 Å². The van der Waals surface area contributed by atoms with Gasteiger partial charge in [-0.25, -0.2) is 4.98 Å². The van der Waals surface area contributed by atoms with Crippen molar-refractivity contribution in [3.63, 3.8) is 0 Å². The maximum atomic E-state index is 12.7. The van der Waals surface area contributed by atoms with E-state index in [9.17, 15) is 9.59 Å². The number of benzene rings is 2. The number of aryl methyl sites for hydroxylation is 3. The number of hydrogen-bond acceptors (Lipinski definition) is 5. The van der Waals surface area contributed by atoms with E-state index >= 15 is 0 Å². The highest BCUT2D eigenvalue weighted by Crippen LogP contribution is 2.32. The fourth-order valence-corrected chi connectivity index (χ4v) is 3.77. The molecule has 0 saturated carbocycles. The highest BCUT2D eigenvalue weighted by molar-refractivity contribution is 5.94. The van der Waals surface area contributed by atoms with Gasteiger partial charge in [0, 0.05) is 25.6 Å². The molecule has 8 nitrogen and oxygen atoms in total. The largest absolute Gasteiger partial charge is 0.497 e. The first kappa shape index (κ1) is 21.3. The zero-order chi connectivity index (χ0) is 22.7. The van der Waals surface area contributed by atoms with Crippen LogP contribution in [0.2, 0.25) is 0 Å². The lowest BCUT2D eigenvalue weighted by atomic mass is 10.1. The summed E-state index contributed by atoms with van der Waals surface area (Å²) in [6.45, 7) is 2.33. The molecule has 0 aliphatic carbocycles. The number of fused-ring (bicyclic) bond motifs is 1. The summed E-state index contributed by atoms with van der Waals surface area (Å²) in [6.07, 6.45) is 2.32. The summed E-state index contributed by atoms with van der Waals surface area (Å²) in [6, 6.07) is 14.9. The second kappa shape index (κ2) is 9.05. The minimum absolute atomic E-state index is 0.0972. The van der Waals surface area contributed by atoms with Crippen molar-refractivity contribution in [1.29, 1.82) is 0 Å². The van der Waals surface area contributed by atoms with Crippen LogP contribution in [0.15, 0.2) is 59.7 Å². The lowest BCUT2D eigenvalue weighted by Gasteiger charge is -2.10. The predicted molar refractivity (Wildman–Crippen MR) is 124 cm³/mol. The van der Waals surface area contributed by atoms with E-state index in [0.717, 1.165) is 22.6 Å². The predicted octanol–water partition coefficient (Wildman–Crippen LogP) is 3.53. The number of nitrogens with zero attached hydrogens (tertiary/aromatic N) is 4. The molecule has 4 aromatic rings. The van der Waals surface area contributed by atoms with Crippen LogP contribution < -0.4 is 15.6 Å². The van der Waals surface area contributed by atoms with Crippen LogP contribution in [0.4, 0.5) is 5.82 Å². The Morgan fingerprint density at radius 2 is 1.88 bits per heavy atom. The molecule has 164 valence electrons. The van der Waals surface area contributed by atoms with E-state index in [1.54, 1.807) is 29.5 Å². The molecule has 0 aliphatic rings. The van der Waals surface area contributed by atoms with Crippen molar-refractivity contribution in [2.75, 3.05) is 12.4 Å². The molecule has 0 unspecified atom stereocenters. The molecule has 32 heavy (non-hydrogen) atoms. The van der Waals surface area contributed by atoms with E-state index in [1.165, 1.54) is 6.33 Å². The van der Waals surface area contributed by atoms with Gasteiger partial charge in [-0.1, -0.05) is 24.3 Å². The summed E-state index contributed by atoms with van der Waals surface area (Å²) in [5, 5.41) is 8.03. The smallest absolute Gasteiger partial charge is 0.261 e. The Morgan fingerprint density at radius 1 is 1.12 bits per heavy atom. The number of rotatable bonds is 7. The average molecular weight is 431 g/mol. The fraction of sp³-hybridized carbons (Fsp3) is 0.250.